The molecule has 2 rings (SSSR count). The van der Waals surface area contributed by atoms with Gasteiger partial charge in [-0.15, -0.1) is 0 Å². The number of rotatable bonds is 3. The monoisotopic (exact) mass is 274 g/mol. The van der Waals surface area contributed by atoms with Gasteiger partial charge in [0.1, 0.15) is 0 Å². The molecule has 0 unspecified atom stereocenters. The van der Waals surface area contributed by atoms with Gasteiger partial charge in [0.25, 0.3) is 0 Å². The zero-order valence-corrected chi connectivity index (χ0v) is 11.6. The van der Waals surface area contributed by atoms with Crippen molar-refractivity contribution >= 4 is 15.9 Å². The van der Waals surface area contributed by atoms with Crippen LogP contribution in [-0.4, -0.2) is 55.5 Å². The van der Waals surface area contributed by atoms with E-state index in [2.05, 4.69) is 0 Å². The van der Waals surface area contributed by atoms with Gasteiger partial charge in [0.15, 0.2) is 0 Å². The van der Waals surface area contributed by atoms with E-state index in [9.17, 15) is 13.2 Å². The summed E-state index contributed by atoms with van der Waals surface area (Å²) in [5.41, 5.74) is 0. The summed E-state index contributed by atoms with van der Waals surface area (Å²) in [6.45, 7) is 2.62. The third kappa shape index (κ3) is 3.45. The average molecular weight is 274 g/mol. The van der Waals surface area contributed by atoms with E-state index in [-0.39, 0.29) is 11.7 Å². The largest absolute Gasteiger partial charge is 0.343 e. The van der Waals surface area contributed by atoms with E-state index in [0.717, 1.165) is 38.8 Å². The molecule has 0 aromatic heterocycles. The first-order chi connectivity index (χ1) is 8.59. The van der Waals surface area contributed by atoms with Crippen LogP contribution in [0.15, 0.2) is 0 Å². The van der Waals surface area contributed by atoms with Crippen LogP contribution in [0.1, 0.15) is 38.5 Å². The molecule has 104 valence electrons. The molecule has 18 heavy (non-hydrogen) atoms. The van der Waals surface area contributed by atoms with Crippen LogP contribution in [0, 0.1) is 0 Å². The Kier molecular flexibility index (Phi) is 4.61. The van der Waals surface area contributed by atoms with E-state index in [1.54, 1.807) is 0 Å². The molecule has 0 aromatic rings. The van der Waals surface area contributed by atoms with Crippen LogP contribution < -0.4 is 0 Å². The summed E-state index contributed by atoms with van der Waals surface area (Å²) in [5, 5.41) is 0. The van der Waals surface area contributed by atoms with E-state index in [1.807, 2.05) is 4.90 Å². The number of hydrogen-bond acceptors (Lipinski definition) is 3. The Morgan fingerprint density at radius 3 is 2.28 bits per heavy atom. The van der Waals surface area contributed by atoms with E-state index in [4.69, 9.17) is 0 Å². The highest BCUT2D eigenvalue weighted by molar-refractivity contribution is 7.89. The molecule has 2 saturated heterocycles. The first kappa shape index (κ1) is 13.8. The molecular weight excluding hydrogens is 252 g/mol. The number of nitrogens with zero attached hydrogens (tertiary/aromatic N) is 2. The molecule has 1 amide bonds. The second-order valence-electron chi connectivity index (χ2n) is 5.11. The third-order valence-electron chi connectivity index (χ3n) is 3.74. The van der Waals surface area contributed by atoms with Crippen molar-refractivity contribution in [1.82, 2.24) is 9.21 Å². The zero-order chi connectivity index (χ0) is 13.0. The molecular formula is C12H22N2O3S. The predicted octanol–water partition coefficient (Wildman–Crippen LogP) is 0.815. The molecule has 0 atom stereocenters. The van der Waals surface area contributed by atoms with Gasteiger partial charge in [0.2, 0.25) is 15.9 Å². The van der Waals surface area contributed by atoms with Gasteiger partial charge in [-0.25, -0.2) is 12.7 Å². The van der Waals surface area contributed by atoms with Crippen molar-refractivity contribution < 1.29 is 13.2 Å². The first-order valence-corrected chi connectivity index (χ1v) is 8.46. The molecule has 2 fully saturated rings. The van der Waals surface area contributed by atoms with Crippen molar-refractivity contribution in [2.24, 2.45) is 0 Å². The molecule has 2 aliphatic heterocycles. The maximum absolute atomic E-state index is 12.0. The van der Waals surface area contributed by atoms with E-state index in [0.29, 0.717) is 19.5 Å². The van der Waals surface area contributed by atoms with Crippen LogP contribution >= 0.6 is 0 Å². The highest BCUT2D eigenvalue weighted by atomic mass is 32.2. The van der Waals surface area contributed by atoms with E-state index >= 15 is 0 Å². The number of amides is 1. The van der Waals surface area contributed by atoms with Crippen molar-refractivity contribution in [1.29, 1.82) is 0 Å². The lowest BCUT2D eigenvalue weighted by molar-refractivity contribution is -0.132. The fourth-order valence-corrected chi connectivity index (χ4v) is 4.22. The van der Waals surface area contributed by atoms with Crippen molar-refractivity contribution in [3.8, 4) is 0 Å². The minimum atomic E-state index is -3.09. The Bertz CT molecular complexity index is 388. The van der Waals surface area contributed by atoms with Crippen LogP contribution in [0.2, 0.25) is 0 Å². The second kappa shape index (κ2) is 6.02. The molecule has 0 N–H and O–H groups in total. The Labute approximate surface area is 109 Å². The topological polar surface area (TPSA) is 57.7 Å². The van der Waals surface area contributed by atoms with Crippen molar-refractivity contribution in [2.75, 3.05) is 31.9 Å². The van der Waals surface area contributed by atoms with E-state index < -0.39 is 10.0 Å². The summed E-state index contributed by atoms with van der Waals surface area (Å²) in [6.07, 6.45) is 5.35. The summed E-state index contributed by atoms with van der Waals surface area (Å²) in [4.78, 5) is 13.8. The normalized spacial score (nSPS) is 25.0. The van der Waals surface area contributed by atoms with Gasteiger partial charge in [-0.05, 0) is 32.1 Å². The van der Waals surface area contributed by atoms with E-state index in [1.165, 1.54) is 10.7 Å². The van der Waals surface area contributed by atoms with Gasteiger partial charge < -0.3 is 4.90 Å². The molecule has 6 heteroatoms. The lowest BCUT2D eigenvalue weighted by atomic mass is 10.1. The van der Waals surface area contributed by atoms with Crippen molar-refractivity contribution in [3.05, 3.63) is 0 Å². The van der Waals surface area contributed by atoms with Crippen LogP contribution in [0.3, 0.4) is 0 Å². The number of carbonyl (C=O) groups excluding carboxylic acids is 1. The number of carbonyl (C=O) groups is 1. The van der Waals surface area contributed by atoms with Crippen LogP contribution in [0.4, 0.5) is 0 Å². The lowest BCUT2D eigenvalue weighted by Gasteiger charge is -2.29. The fraction of sp³-hybridized carbons (Fsp3) is 0.917. The van der Waals surface area contributed by atoms with Crippen molar-refractivity contribution in [3.63, 3.8) is 0 Å². The molecule has 0 aliphatic carbocycles. The molecule has 0 saturated carbocycles. The van der Waals surface area contributed by atoms with Crippen molar-refractivity contribution in [2.45, 2.75) is 38.5 Å². The van der Waals surface area contributed by atoms with Gasteiger partial charge in [0.05, 0.1) is 5.75 Å². The van der Waals surface area contributed by atoms with Gasteiger partial charge >= 0.3 is 0 Å². The molecule has 0 bridgehead atoms. The zero-order valence-electron chi connectivity index (χ0n) is 10.8. The second-order valence-corrected chi connectivity index (χ2v) is 7.20. The number of likely N-dealkylation sites (tertiary alicyclic amines) is 1. The van der Waals surface area contributed by atoms with Crippen LogP contribution in [0.5, 0.6) is 0 Å². The first-order valence-electron chi connectivity index (χ1n) is 6.85. The van der Waals surface area contributed by atoms with Gasteiger partial charge in [-0.1, -0.05) is 0 Å². The smallest absolute Gasteiger partial charge is 0.223 e. The summed E-state index contributed by atoms with van der Waals surface area (Å²) >= 11 is 0. The molecule has 0 spiro atoms. The predicted molar refractivity (Wildman–Crippen MR) is 69.6 cm³/mol. The highest BCUT2D eigenvalue weighted by Gasteiger charge is 2.26. The quantitative estimate of drug-likeness (QED) is 0.765. The lowest BCUT2D eigenvalue weighted by Crippen LogP contribution is -2.42. The molecule has 0 aromatic carbocycles. The number of piperidine rings is 1. The minimum Gasteiger partial charge on any atom is -0.343 e. The summed E-state index contributed by atoms with van der Waals surface area (Å²) in [7, 11) is -3.09. The number of sulfonamides is 1. The standard InChI is InChI=1S/C12H22N2O3S/c15-12(13-7-2-1-3-8-13)6-10-14-9-4-5-11-18(14,16)17/h1-11H2. The highest BCUT2D eigenvalue weighted by Crippen LogP contribution is 2.15. The molecule has 2 aliphatic rings. The van der Waals surface area contributed by atoms with Gasteiger partial charge in [-0.2, -0.15) is 0 Å². The molecule has 2 heterocycles. The van der Waals surface area contributed by atoms with Crippen LogP contribution in [-0.2, 0) is 14.8 Å². The Hall–Kier alpha value is -0.620. The van der Waals surface area contributed by atoms with Gasteiger partial charge in [0, 0.05) is 32.6 Å². The molecule has 0 radical (unpaired) electrons. The Morgan fingerprint density at radius 2 is 1.61 bits per heavy atom. The Balaban J connectivity index is 1.81. The Morgan fingerprint density at radius 1 is 0.944 bits per heavy atom. The maximum Gasteiger partial charge on any atom is 0.223 e. The number of hydrogen-bond donors (Lipinski definition) is 0. The maximum atomic E-state index is 12.0. The summed E-state index contributed by atoms with van der Waals surface area (Å²) in [5.74, 6) is 0.348. The summed E-state index contributed by atoms with van der Waals surface area (Å²) < 4.78 is 25.0. The molecule has 5 nitrogen and oxygen atoms in total. The fourth-order valence-electron chi connectivity index (χ4n) is 2.61. The SMILES string of the molecule is O=C(CCN1CCCCS1(=O)=O)N1CCCCC1. The summed E-state index contributed by atoms with van der Waals surface area (Å²) in [6, 6.07) is 0. The third-order valence-corrected chi connectivity index (χ3v) is 5.69. The van der Waals surface area contributed by atoms with Gasteiger partial charge in [-0.3, -0.25) is 4.79 Å². The average Bonchev–Trinajstić information content (AvgIpc) is 2.38. The minimum absolute atomic E-state index is 0.107. The van der Waals surface area contributed by atoms with Crippen LogP contribution in [0.25, 0.3) is 0 Å².